The second kappa shape index (κ2) is 9.76. The number of amides is 1. The summed E-state index contributed by atoms with van der Waals surface area (Å²) in [6, 6.07) is 3.46. The van der Waals surface area contributed by atoms with Crippen molar-refractivity contribution in [1.29, 1.82) is 0 Å². The van der Waals surface area contributed by atoms with Crippen molar-refractivity contribution in [2.24, 2.45) is 5.92 Å². The maximum atomic E-state index is 12.0. The van der Waals surface area contributed by atoms with Gasteiger partial charge in [0.25, 0.3) is 0 Å². The largest absolute Gasteiger partial charge is 1.00 e. The molecular formula is C20H21LiN5O4-. The third-order valence-corrected chi connectivity index (χ3v) is 4.75. The van der Waals surface area contributed by atoms with Crippen LogP contribution in [0, 0.1) is 5.92 Å². The second-order valence-corrected chi connectivity index (χ2v) is 6.67. The standard InChI is InChI=1S/C20H20N5O3.Li.H2O/c1-3-14-18-19(28-2)15(6-7-25(18)11-22-14)23-16-8-17(21-9-13(16)10-26)24-20(27)12-4-5-12;;/h6-9,11-12H,3-5H2,1-2H3,(H2,21,23,24,27);;1H2/q-1;+1;/p-1. The van der Waals surface area contributed by atoms with E-state index in [0.29, 0.717) is 22.9 Å². The molecule has 1 aliphatic rings. The average Bonchev–Trinajstić information content (AvgIpc) is 3.48. The van der Waals surface area contributed by atoms with Crippen LogP contribution in [0.4, 0.5) is 17.2 Å². The van der Waals surface area contributed by atoms with Gasteiger partial charge in [-0.05, 0) is 25.3 Å². The summed E-state index contributed by atoms with van der Waals surface area (Å²) in [5.41, 5.74) is 3.19. The Bertz CT molecular complexity index is 1060. The molecule has 0 radical (unpaired) electrons. The first-order chi connectivity index (χ1) is 13.6. The molecule has 0 spiro atoms. The molecule has 0 bridgehead atoms. The number of carbonyl (C=O) groups excluding carboxylic acids is 2. The summed E-state index contributed by atoms with van der Waals surface area (Å²) in [5, 5.41) is 6.00. The van der Waals surface area contributed by atoms with Gasteiger partial charge < -0.3 is 35.0 Å². The number of aryl methyl sites for hydroxylation is 1. The maximum Gasteiger partial charge on any atom is 1.00 e. The van der Waals surface area contributed by atoms with Gasteiger partial charge >= 0.3 is 18.9 Å². The molecule has 3 heterocycles. The van der Waals surface area contributed by atoms with Crippen molar-refractivity contribution >= 4 is 34.9 Å². The Morgan fingerprint density at radius 1 is 1.33 bits per heavy atom. The molecule has 0 unspecified atom stereocenters. The third-order valence-electron chi connectivity index (χ3n) is 4.75. The SMILES string of the molecule is CCc1ncn2ccc(Nc3cc(NC(=O)C4CC4)ncc3[C-]=O)c(OC)c12.[Li+].[OH-]. The fourth-order valence-corrected chi connectivity index (χ4v) is 3.11. The number of imidazole rings is 1. The van der Waals surface area contributed by atoms with E-state index in [1.165, 1.54) is 6.20 Å². The van der Waals surface area contributed by atoms with Gasteiger partial charge in [-0.25, -0.2) is 4.98 Å². The van der Waals surface area contributed by atoms with E-state index in [-0.39, 0.29) is 41.7 Å². The summed E-state index contributed by atoms with van der Waals surface area (Å²) < 4.78 is 7.52. The van der Waals surface area contributed by atoms with Crippen LogP contribution in [0.2, 0.25) is 0 Å². The van der Waals surface area contributed by atoms with Gasteiger partial charge in [0.2, 0.25) is 5.91 Å². The molecule has 152 valence electrons. The van der Waals surface area contributed by atoms with Crippen LogP contribution < -0.4 is 34.2 Å². The molecule has 30 heavy (non-hydrogen) atoms. The topological polar surface area (TPSA) is 128 Å². The number of carbonyl (C=O) groups is 1. The summed E-state index contributed by atoms with van der Waals surface area (Å²) in [6.45, 7) is 2.03. The van der Waals surface area contributed by atoms with Gasteiger partial charge in [-0.1, -0.05) is 24.9 Å². The minimum absolute atomic E-state index is 0. The minimum atomic E-state index is -0.0490. The van der Waals surface area contributed by atoms with Crippen molar-refractivity contribution in [2.75, 3.05) is 17.7 Å². The van der Waals surface area contributed by atoms with Crippen LogP contribution in [0.3, 0.4) is 0 Å². The van der Waals surface area contributed by atoms with Crippen molar-refractivity contribution in [3.8, 4) is 5.75 Å². The van der Waals surface area contributed by atoms with Crippen LogP contribution >= 0.6 is 0 Å². The molecule has 9 nitrogen and oxygen atoms in total. The van der Waals surface area contributed by atoms with E-state index in [9.17, 15) is 9.59 Å². The molecule has 1 amide bonds. The maximum absolute atomic E-state index is 12.0. The van der Waals surface area contributed by atoms with Crippen molar-refractivity contribution in [2.45, 2.75) is 26.2 Å². The Labute approximate surface area is 185 Å². The third kappa shape index (κ3) is 4.49. The predicted octanol–water partition coefficient (Wildman–Crippen LogP) is -0.323. The number of hydrogen-bond acceptors (Lipinski definition) is 7. The number of nitrogens with one attached hydrogen (secondary N) is 2. The summed E-state index contributed by atoms with van der Waals surface area (Å²) >= 11 is 0. The normalized spacial score (nSPS) is 12.5. The fourth-order valence-electron chi connectivity index (χ4n) is 3.11. The Balaban J connectivity index is 0.00000160. The summed E-state index contributed by atoms with van der Waals surface area (Å²) in [7, 11) is 1.59. The van der Waals surface area contributed by atoms with Gasteiger partial charge in [0.15, 0.2) is 5.75 Å². The van der Waals surface area contributed by atoms with E-state index in [0.717, 1.165) is 30.5 Å². The number of nitrogens with zero attached hydrogens (tertiary/aromatic N) is 3. The van der Waals surface area contributed by atoms with Crippen LogP contribution in [-0.4, -0.2) is 39.1 Å². The predicted molar refractivity (Wildman–Crippen MR) is 107 cm³/mol. The molecule has 0 atom stereocenters. The van der Waals surface area contributed by atoms with Crippen molar-refractivity contribution < 1.29 is 38.7 Å². The van der Waals surface area contributed by atoms with Gasteiger partial charge in [0, 0.05) is 12.1 Å². The van der Waals surface area contributed by atoms with Crippen LogP contribution in [0.5, 0.6) is 5.75 Å². The van der Waals surface area contributed by atoms with Gasteiger partial charge in [-0.2, -0.15) is 0 Å². The number of anilines is 3. The van der Waals surface area contributed by atoms with E-state index in [4.69, 9.17) is 4.74 Å². The van der Waals surface area contributed by atoms with E-state index >= 15 is 0 Å². The van der Waals surface area contributed by atoms with Crippen LogP contribution in [0.15, 0.2) is 30.9 Å². The number of rotatable bonds is 7. The Kier molecular flexibility index (Phi) is 7.62. The smallest absolute Gasteiger partial charge is 0.870 e. The van der Waals surface area contributed by atoms with E-state index < -0.39 is 0 Å². The summed E-state index contributed by atoms with van der Waals surface area (Å²) in [4.78, 5) is 31.9. The first-order valence-corrected chi connectivity index (χ1v) is 9.13. The van der Waals surface area contributed by atoms with E-state index in [1.807, 2.05) is 29.9 Å². The molecule has 0 saturated heterocycles. The molecule has 4 rings (SSSR count). The number of fused-ring (bicyclic) bond motifs is 1. The van der Waals surface area contributed by atoms with Gasteiger partial charge in [-0.15, -0.1) is 5.56 Å². The molecule has 1 aliphatic carbocycles. The monoisotopic (exact) mass is 402 g/mol. The van der Waals surface area contributed by atoms with Gasteiger partial charge in [-0.3, -0.25) is 4.79 Å². The Hall–Kier alpha value is -2.86. The second-order valence-electron chi connectivity index (χ2n) is 6.67. The first-order valence-electron chi connectivity index (χ1n) is 9.13. The fraction of sp³-hybridized carbons (Fsp3) is 0.300. The Morgan fingerprint density at radius 2 is 2.10 bits per heavy atom. The molecule has 0 aliphatic heterocycles. The Morgan fingerprint density at radius 3 is 2.73 bits per heavy atom. The van der Waals surface area contributed by atoms with Crippen molar-refractivity contribution in [3.63, 3.8) is 0 Å². The molecule has 3 N–H and O–H groups in total. The van der Waals surface area contributed by atoms with E-state index in [1.54, 1.807) is 19.5 Å². The van der Waals surface area contributed by atoms with Crippen molar-refractivity contribution in [1.82, 2.24) is 14.4 Å². The zero-order valence-corrected chi connectivity index (χ0v) is 17.1. The minimum Gasteiger partial charge on any atom is -0.870 e. The number of methoxy groups -OCH3 is 1. The van der Waals surface area contributed by atoms with Crippen molar-refractivity contribution in [3.05, 3.63) is 42.1 Å². The molecule has 1 fully saturated rings. The van der Waals surface area contributed by atoms with E-state index in [2.05, 4.69) is 20.6 Å². The number of pyridine rings is 2. The van der Waals surface area contributed by atoms with Crippen LogP contribution in [-0.2, 0) is 16.0 Å². The number of aromatic nitrogens is 3. The molecular weight excluding hydrogens is 381 g/mol. The number of ether oxygens (including phenoxy) is 1. The molecule has 0 aromatic carbocycles. The first kappa shape index (κ1) is 23.4. The molecule has 3 aromatic heterocycles. The molecule has 1 saturated carbocycles. The van der Waals surface area contributed by atoms with Gasteiger partial charge in [0.1, 0.15) is 11.3 Å². The van der Waals surface area contributed by atoms with Crippen LogP contribution in [0.1, 0.15) is 31.0 Å². The van der Waals surface area contributed by atoms with Crippen LogP contribution in [0.25, 0.3) is 5.52 Å². The quantitative estimate of drug-likeness (QED) is 0.409. The molecule has 3 aromatic rings. The molecule has 10 heteroatoms. The van der Waals surface area contributed by atoms with Gasteiger partial charge in [0.05, 0.1) is 31.1 Å². The summed E-state index contributed by atoms with van der Waals surface area (Å²) in [5.74, 6) is 1.02. The number of hydrogen-bond donors (Lipinski definition) is 2. The summed E-state index contributed by atoms with van der Waals surface area (Å²) in [6.07, 6.45) is 9.44. The zero-order chi connectivity index (χ0) is 19.7. The average molecular weight is 402 g/mol. The zero-order valence-electron chi connectivity index (χ0n) is 17.1.